The molecule has 0 fully saturated rings. The van der Waals surface area contributed by atoms with Crippen molar-refractivity contribution in [3.8, 4) is 0 Å². The first kappa shape index (κ1) is 15.4. The number of nitro benzene ring substituents is 1. The second-order valence-corrected chi connectivity index (χ2v) is 5.41. The highest BCUT2D eigenvalue weighted by molar-refractivity contribution is 5.65. The molecule has 0 saturated heterocycles. The standard InChI is InChI=1S/C14H22N2O3/c1-6-14(3,4)15(5)12-8-7-11(10(2)17)9-13(12)16(18)19/h7-10,17H,6H2,1-5H3/t10-/m1/s1. The van der Waals surface area contributed by atoms with Gasteiger partial charge in [-0.1, -0.05) is 13.0 Å². The number of benzene rings is 1. The number of hydrogen-bond donors (Lipinski definition) is 1. The van der Waals surface area contributed by atoms with Gasteiger partial charge in [0, 0.05) is 18.7 Å². The molecule has 0 aliphatic rings. The van der Waals surface area contributed by atoms with Crippen LogP contribution < -0.4 is 4.90 Å². The van der Waals surface area contributed by atoms with Gasteiger partial charge in [-0.25, -0.2) is 0 Å². The minimum atomic E-state index is -0.711. The molecule has 106 valence electrons. The Bertz CT molecular complexity index is 470. The SMILES string of the molecule is CCC(C)(C)N(C)c1ccc([C@@H](C)O)cc1[N+](=O)[O-]. The summed E-state index contributed by atoms with van der Waals surface area (Å²) < 4.78 is 0. The van der Waals surface area contributed by atoms with Crippen molar-refractivity contribution in [3.63, 3.8) is 0 Å². The van der Waals surface area contributed by atoms with Gasteiger partial charge in [0.05, 0.1) is 11.0 Å². The van der Waals surface area contributed by atoms with Crippen molar-refractivity contribution in [1.29, 1.82) is 0 Å². The van der Waals surface area contributed by atoms with Gasteiger partial charge in [0.1, 0.15) is 5.69 Å². The molecule has 0 saturated carbocycles. The van der Waals surface area contributed by atoms with Crippen LogP contribution in [0.2, 0.25) is 0 Å². The molecule has 0 aliphatic carbocycles. The van der Waals surface area contributed by atoms with Gasteiger partial charge >= 0.3 is 0 Å². The Kier molecular flexibility index (Phi) is 4.52. The van der Waals surface area contributed by atoms with E-state index in [-0.39, 0.29) is 11.2 Å². The summed E-state index contributed by atoms with van der Waals surface area (Å²) in [6.07, 6.45) is 0.163. The van der Waals surface area contributed by atoms with Crippen molar-refractivity contribution in [1.82, 2.24) is 0 Å². The summed E-state index contributed by atoms with van der Waals surface area (Å²) in [4.78, 5) is 12.7. The van der Waals surface area contributed by atoms with Crippen molar-refractivity contribution in [2.45, 2.75) is 45.8 Å². The van der Waals surface area contributed by atoms with Crippen LogP contribution in [0.15, 0.2) is 18.2 Å². The Hall–Kier alpha value is -1.62. The number of nitro groups is 1. The van der Waals surface area contributed by atoms with Gasteiger partial charge in [-0.3, -0.25) is 10.1 Å². The molecular weight excluding hydrogens is 244 g/mol. The zero-order valence-corrected chi connectivity index (χ0v) is 12.2. The van der Waals surface area contributed by atoms with E-state index in [4.69, 9.17) is 0 Å². The van der Waals surface area contributed by atoms with Crippen LogP contribution in [0.1, 0.15) is 45.8 Å². The van der Waals surface area contributed by atoms with E-state index >= 15 is 0 Å². The quantitative estimate of drug-likeness (QED) is 0.656. The number of aliphatic hydroxyl groups is 1. The van der Waals surface area contributed by atoms with E-state index in [0.29, 0.717) is 11.3 Å². The molecule has 1 N–H and O–H groups in total. The van der Waals surface area contributed by atoms with Crippen LogP contribution >= 0.6 is 0 Å². The molecule has 0 aromatic heterocycles. The Morgan fingerprint density at radius 2 is 2.05 bits per heavy atom. The molecule has 5 heteroatoms. The van der Waals surface area contributed by atoms with Gasteiger partial charge in [0.25, 0.3) is 5.69 Å². The summed E-state index contributed by atoms with van der Waals surface area (Å²) in [5, 5.41) is 20.7. The van der Waals surface area contributed by atoms with Crippen molar-refractivity contribution in [3.05, 3.63) is 33.9 Å². The molecule has 0 bridgehead atoms. The maximum atomic E-state index is 11.2. The van der Waals surface area contributed by atoms with Crippen molar-refractivity contribution >= 4 is 11.4 Å². The van der Waals surface area contributed by atoms with Gasteiger partial charge in [0.2, 0.25) is 0 Å². The number of nitrogens with zero attached hydrogens (tertiary/aromatic N) is 2. The maximum absolute atomic E-state index is 11.2. The predicted molar refractivity (Wildman–Crippen MR) is 76.5 cm³/mol. The van der Waals surface area contributed by atoms with Crippen molar-refractivity contribution < 1.29 is 10.0 Å². The van der Waals surface area contributed by atoms with Crippen LogP contribution in [0.4, 0.5) is 11.4 Å². The van der Waals surface area contributed by atoms with Crippen LogP contribution in [-0.4, -0.2) is 22.6 Å². The Labute approximate surface area is 114 Å². The fourth-order valence-corrected chi connectivity index (χ4v) is 1.79. The topological polar surface area (TPSA) is 66.6 Å². The van der Waals surface area contributed by atoms with E-state index in [0.717, 1.165) is 6.42 Å². The van der Waals surface area contributed by atoms with Crippen LogP contribution in [0, 0.1) is 10.1 Å². The molecule has 1 rings (SSSR count). The molecule has 0 unspecified atom stereocenters. The highest BCUT2D eigenvalue weighted by Crippen LogP contribution is 2.34. The van der Waals surface area contributed by atoms with Gasteiger partial charge in [-0.05, 0) is 38.8 Å². The average molecular weight is 266 g/mol. The maximum Gasteiger partial charge on any atom is 0.292 e. The molecule has 0 heterocycles. The molecule has 0 aliphatic heterocycles. The monoisotopic (exact) mass is 266 g/mol. The molecule has 5 nitrogen and oxygen atoms in total. The molecule has 1 aromatic carbocycles. The zero-order chi connectivity index (χ0) is 14.8. The van der Waals surface area contributed by atoms with Gasteiger partial charge in [-0.15, -0.1) is 0 Å². The normalized spacial score (nSPS) is 13.2. The molecule has 1 aromatic rings. The lowest BCUT2D eigenvalue weighted by atomic mass is 9.98. The van der Waals surface area contributed by atoms with E-state index in [1.165, 1.54) is 6.07 Å². The number of hydrogen-bond acceptors (Lipinski definition) is 4. The first-order chi connectivity index (χ1) is 8.70. The third kappa shape index (κ3) is 3.23. The summed E-state index contributed by atoms with van der Waals surface area (Å²) in [6, 6.07) is 4.88. The Morgan fingerprint density at radius 3 is 2.47 bits per heavy atom. The summed E-state index contributed by atoms with van der Waals surface area (Å²) in [6.45, 7) is 7.73. The average Bonchev–Trinajstić information content (AvgIpc) is 2.36. The number of rotatable bonds is 5. The highest BCUT2D eigenvalue weighted by Gasteiger charge is 2.27. The van der Waals surface area contributed by atoms with Crippen LogP contribution in [-0.2, 0) is 0 Å². The Morgan fingerprint density at radius 1 is 1.47 bits per heavy atom. The fourth-order valence-electron chi connectivity index (χ4n) is 1.79. The lowest BCUT2D eigenvalue weighted by molar-refractivity contribution is -0.384. The molecule has 0 amide bonds. The lowest BCUT2D eigenvalue weighted by Crippen LogP contribution is -2.40. The van der Waals surface area contributed by atoms with Crippen molar-refractivity contribution in [2.24, 2.45) is 0 Å². The van der Waals surface area contributed by atoms with Gasteiger partial charge < -0.3 is 10.0 Å². The molecule has 1 atom stereocenters. The van der Waals surface area contributed by atoms with E-state index in [1.807, 2.05) is 32.7 Å². The lowest BCUT2D eigenvalue weighted by Gasteiger charge is -2.36. The van der Waals surface area contributed by atoms with Gasteiger partial charge in [-0.2, -0.15) is 0 Å². The first-order valence-corrected chi connectivity index (χ1v) is 6.41. The van der Waals surface area contributed by atoms with E-state index in [9.17, 15) is 15.2 Å². The minimum Gasteiger partial charge on any atom is -0.389 e. The molecular formula is C14H22N2O3. The number of anilines is 1. The van der Waals surface area contributed by atoms with E-state index in [1.54, 1.807) is 19.1 Å². The molecule has 0 spiro atoms. The summed E-state index contributed by atoms with van der Waals surface area (Å²) >= 11 is 0. The van der Waals surface area contributed by atoms with E-state index in [2.05, 4.69) is 0 Å². The predicted octanol–water partition coefficient (Wildman–Crippen LogP) is 3.27. The zero-order valence-electron chi connectivity index (χ0n) is 12.2. The van der Waals surface area contributed by atoms with E-state index < -0.39 is 11.0 Å². The van der Waals surface area contributed by atoms with Crippen LogP contribution in [0.3, 0.4) is 0 Å². The van der Waals surface area contributed by atoms with Crippen LogP contribution in [0.5, 0.6) is 0 Å². The third-order valence-corrected chi connectivity index (χ3v) is 3.81. The third-order valence-electron chi connectivity index (χ3n) is 3.81. The highest BCUT2D eigenvalue weighted by atomic mass is 16.6. The van der Waals surface area contributed by atoms with Crippen LogP contribution in [0.25, 0.3) is 0 Å². The molecule has 19 heavy (non-hydrogen) atoms. The summed E-state index contributed by atoms with van der Waals surface area (Å²) in [5.74, 6) is 0. The second-order valence-electron chi connectivity index (χ2n) is 5.41. The van der Waals surface area contributed by atoms with Crippen molar-refractivity contribution in [2.75, 3.05) is 11.9 Å². The Balaban J connectivity index is 3.32. The number of aliphatic hydroxyl groups excluding tert-OH is 1. The summed E-state index contributed by atoms with van der Waals surface area (Å²) in [5.41, 5.74) is 0.985. The first-order valence-electron chi connectivity index (χ1n) is 6.41. The molecule has 0 radical (unpaired) electrons. The smallest absolute Gasteiger partial charge is 0.292 e. The largest absolute Gasteiger partial charge is 0.389 e. The minimum absolute atomic E-state index is 0.0300. The fraction of sp³-hybridized carbons (Fsp3) is 0.571. The second kappa shape index (κ2) is 5.57. The summed E-state index contributed by atoms with van der Waals surface area (Å²) in [7, 11) is 1.86. The van der Waals surface area contributed by atoms with Gasteiger partial charge in [0.15, 0.2) is 0 Å².